The van der Waals surface area contributed by atoms with Crippen molar-refractivity contribution in [3.63, 3.8) is 0 Å². The number of carbonyl (C=O) groups is 1. The molecule has 134 valence electrons. The number of nitrogens with one attached hydrogen (secondary N) is 1. The van der Waals surface area contributed by atoms with Crippen LogP contribution in [0.1, 0.15) is 45.0 Å². The van der Waals surface area contributed by atoms with E-state index in [2.05, 4.69) is 15.2 Å². The van der Waals surface area contributed by atoms with Gasteiger partial charge in [0.2, 0.25) is 5.91 Å². The molecular formula is C19H27N5O. The fraction of sp³-hybridized carbons (Fsp3) is 0.579. The number of amides is 1. The highest BCUT2D eigenvalue weighted by Gasteiger charge is 2.31. The summed E-state index contributed by atoms with van der Waals surface area (Å²) in [5.41, 5.74) is 3.49. The highest BCUT2D eigenvalue weighted by atomic mass is 16.2. The van der Waals surface area contributed by atoms with Gasteiger partial charge in [-0.15, -0.1) is 0 Å². The van der Waals surface area contributed by atoms with E-state index in [4.69, 9.17) is 4.98 Å². The maximum atomic E-state index is 12.6. The van der Waals surface area contributed by atoms with Gasteiger partial charge < -0.3 is 4.90 Å². The van der Waals surface area contributed by atoms with Crippen LogP contribution >= 0.6 is 0 Å². The standard InChI is InChI=1S/C19H27N5O/c1-13-16(10-21-23-13)17-11-20-9-15(22-17)8-14-6-5-7-24(12-14)18(25)19(2,3)4/h9-11,14H,5-8,12H2,1-4H3,(H,21,23)/t14-/m1/s1. The van der Waals surface area contributed by atoms with Gasteiger partial charge in [0.15, 0.2) is 0 Å². The number of aromatic nitrogens is 4. The lowest BCUT2D eigenvalue weighted by molar-refractivity contribution is -0.141. The number of likely N-dealkylation sites (tertiary alicyclic amines) is 1. The lowest BCUT2D eigenvalue weighted by atomic mass is 9.89. The molecule has 1 atom stereocenters. The fourth-order valence-electron chi connectivity index (χ4n) is 3.43. The second-order valence-electron chi connectivity index (χ2n) is 8.02. The second kappa shape index (κ2) is 6.94. The van der Waals surface area contributed by atoms with Crippen molar-refractivity contribution in [2.75, 3.05) is 13.1 Å². The number of aryl methyl sites for hydroxylation is 1. The number of aromatic amines is 1. The third-order valence-electron chi connectivity index (χ3n) is 4.74. The number of carbonyl (C=O) groups excluding carboxylic acids is 1. The van der Waals surface area contributed by atoms with Crippen molar-refractivity contribution in [2.45, 2.75) is 47.0 Å². The van der Waals surface area contributed by atoms with Gasteiger partial charge in [0.1, 0.15) is 0 Å². The zero-order chi connectivity index (χ0) is 18.0. The Bertz CT molecular complexity index is 746. The molecule has 0 aromatic carbocycles. The molecule has 0 unspecified atom stereocenters. The molecule has 0 aliphatic carbocycles. The van der Waals surface area contributed by atoms with Crippen LogP contribution in [0.4, 0.5) is 0 Å². The lowest BCUT2D eigenvalue weighted by Crippen LogP contribution is -2.45. The average Bonchev–Trinajstić information content (AvgIpc) is 3.00. The zero-order valence-corrected chi connectivity index (χ0v) is 15.5. The van der Waals surface area contributed by atoms with Gasteiger partial charge in [0, 0.05) is 36.0 Å². The molecule has 25 heavy (non-hydrogen) atoms. The van der Waals surface area contributed by atoms with E-state index in [1.54, 1.807) is 12.4 Å². The quantitative estimate of drug-likeness (QED) is 0.931. The minimum Gasteiger partial charge on any atom is -0.342 e. The molecule has 0 radical (unpaired) electrons. The second-order valence-corrected chi connectivity index (χ2v) is 8.02. The number of nitrogens with zero attached hydrogens (tertiary/aromatic N) is 4. The molecule has 0 saturated carbocycles. The molecule has 1 saturated heterocycles. The van der Waals surface area contributed by atoms with Gasteiger partial charge in [-0.1, -0.05) is 20.8 Å². The van der Waals surface area contributed by atoms with Crippen molar-refractivity contribution >= 4 is 5.91 Å². The summed E-state index contributed by atoms with van der Waals surface area (Å²) >= 11 is 0. The predicted octanol–water partition coefficient (Wildman–Crippen LogP) is 3.00. The molecule has 2 aromatic heterocycles. The van der Waals surface area contributed by atoms with Crippen LogP contribution in [0.15, 0.2) is 18.6 Å². The van der Waals surface area contributed by atoms with Crippen molar-refractivity contribution < 1.29 is 4.79 Å². The van der Waals surface area contributed by atoms with E-state index in [9.17, 15) is 4.79 Å². The third kappa shape index (κ3) is 4.06. The van der Waals surface area contributed by atoms with E-state index in [0.29, 0.717) is 5.92 Å². The Morgan fingerprint density at radius 2 is 2.12 bits per heavy atom. The first-order chi connectivity index (χ1) is 11.8. The molecule has 1 fully saturated rings. The van der Waals surface area contributed by atoms with E-state index in [-0.39, 0.29) is 11.3 Å². The van der Waals surface area contributed by atoms with E-state index < -0.39 is 0 Å². The molecule has 1 N–H and O–H groups in total. The predicted molar refractivity (Wildman–Crippen MR) is 96.8 cm³/mol. The van der Waals surface area contributed by atoms with E-state index >= 15 is 0 Å². The first-order valence-electron chi connectivity index (χ1n) is 8.95. The summed E-state index contributed by atoms with van der Waals surface area (Å²) in [5.74, 6) is 0.682. The van der Waals surface area contributed by atoms with E-state index in [0.717, 1.165) is 55.0 Å². The van der Waals surface area contributed by atoms with Crippen LogP contribution in [-0.4, -0.2) is 44.1 Å². The first-order valence-corrected chi connectivity index (χ1v) is 8.95. The average molecular weight is 341 g/mol. The highest BCUT2D eigenvalue weighted by molar-refractivity contribution is 5.81. The minimum atomic E-state index is -0.319. The third-order valence-corrected chi connectivity index (χ3v) is 4.74. The number of rotatable bonds is 3. The van der Waals surface area contributed by atoms with Crippen molar-refractivity contribution in [2.24, 2.45) is 11.3 Å². The van der Waals surface area contributed by atoms with Crippen LogP contribution < -0.4 is 0 Å². The van der Waals surface area contributed by atoms with Crippen molar-refractivity contribution in [1.82, 2.24) is 25.1 Å². The molecule has 1 aliphatic heterocycles. The van der Waals surface area contributed by atoms with Crippen molar-refractivity contribution in [3.05, 3.63) is 30.0 Å². The Kier molecular flexibility index (Phi) is 4.88. The van der Waals surface area contributed by atoms with Gasteiger partial charge in [-0.25, -0.2) is 4.98 Å². The maximum absolute atomic E-state index is 12.6. The van der Waals surface area contributed by atoms with Crippen molar-refractivity contribution in [1.29, 1.82) is 0 Å². The summed E-state index contributed by atoms with van der Waals surface area (Å²) in [6.45, 7) is 9.62. The summed E-state index contributed by atoms with van der Waals surface area (Å²) < 4.78 is 0. The fourth-order valence-corrected chi connectivity index (χ4v) is 3.43. The van der Waals surface area contributed by atoms with Gasteiger partial charge in [-0.2, -0.15) is 5.10 Å². The maximum Gasteiger partial charge on any atom is 0.227 e. The van der Waals surface area contributed by atoms with Crippen molar-refractivity contribution in [3.8, 4) is 11.3 Å². The molecule has 1 amide bonds. The number of hydrogen-bond acceptors (Lipinski definition) is 4. The Morgan fingerprint density at radius 3 is 2.80 bits per heavy atom. The Labute approximate surface area is 149 Å². The molecule has 2 aromatic rings. The Hall–Kier alpha value is -2.24. The largest absolute Gasteiger partial charge is 0.342 e. The molecule has 3 rings (SSSR count). The summed E-state index contributed by atoms with van der Waals surface area (Å²) in [5, 5.41) is 7.00. The monoisotopic (exact) mass is 341 g/mol. The lowest BCUT2D eigenvalue weighted by Gasteiger charge is -2.36. The molecule has 1 aliphatic rings. The molecule has 6 nitrogen and oxygen atoms in total. The van der Waals surface area contributed by atoms with Gasteiger partial charge in [0.05, 0.1) is 23.8 Å². The molecular weight excluding hydrogens is 314 g/mol. The smallest absolute Gasteiger partial charge is 0.227 e. The highest BCUT2D eigenvalue weighted by Crippen LogP contribution is 2.26. The summed E-state index contributed by atoms with van der Waals surface area (Å²) in [6.07, 6.45) is 8.44. The van der Waals surface area contributed by atoms with E-state index in [1.807, 2.05) is 38.8 Å². The minimum absolute atomic E-state index is 0.242. The topological polar surface area (TPSA) is 74.8 Å². The van der Waals surface area contributed by atoms with Gasteiger partial charge in [0.25, 0.3) is 0 Å². The van der Waals surface area contributed by atoms with Crippen LogP contribution in [-0.2, 0) is 11.2 Å². The normalized spacial score (nSPS) is 18.4. The van der Waals surface area contributed by atoms with Crippen LogP contribution in [0, 0.1) is 18.3 Å². The molecule has 0 bridgehead atoms. The zero-order valence-electron chi connectivity index (χ0n) is 15.5. The van der Waals surface area contributed by atoms with E-state index in [1.165, 1.54) is 0 Å². The number of H-pyrrole nitrogens is 1. The Balaban J connectivity index is 1.70. The summed E-state index contributed by atoms with van der Waals surface area (Å²) in [6, 6.07) is 0. The first kappa shape index (κ1) is 17.6. The molecule has 0 spiro atoms. The SMILES string of the molecule is Cc1[nH]ncc1-c1cncc(C[C@H]2CCCN(C(=O)C(C)(C)C)C2)n1. The van der Waals surface area contributed by atoms with Crippen LogP contribution in [0.2, 0.25) is 0 Å². The number of hydrogen-bond donors (Lipinski definition) is 1. The van der Waals surface area contributed by atoms with Crippen LogP contribution in [0.3, 0.4) is 0 Å². The van der Waals surface area contributed by atoms with Crippen LogP contribution in [0.25, 0.3) is 11.3 Å². The summed E-state index contributed by atoms with van der Waals surface area (Å²) in [7, 11) is 0. The molecule has 3 heterocycles. The van der Waals surface area contributed by atoms with Crippen LogP contribution in [0.5, 0.6) is 0 Å². The van der Waals surface area contributed by atoms with Gasteiger partial charge in [-0.05, 0) is 32.1 Å². The van der Waals surface area contributed by atoms with Gasteiger partial charge >= 0.3 is 0 Å². The Morgan fingerprint density at radius 1 is 1.32 bits per heavy atom. The summed E-state index contributed by atoms with van der Waals surface area (Å²) in [4.78, 5) is 23.7. The van der Waals surface area contributed by atoms with Gasteiger partial charge in [-0.3, -0.25) is 14.9 Å². The number of piperidine rings is 1. The molecule has 6 heteroatoms.